The van der Waals surface area contributed by atoms with Gasteiger partial charge in [0.15, 0.2) is 0 Å². The molecule has 3 aromatic rings. The summed E-state index contributed by atoms with van der Waals surface area (Å²) in [4.78, 5) is 17.2. The van der Waals surface area contributed by atoms with Gasteiger partial charge in [0.1, 0.15) is 5.82 Å². The summed E-state index contributed by atoms with van der Waals surface area (Å²) in [6.07, 6.45) is 4.18. The molecule has 4 rings (SSSR count). The average molecular weight is 512 g/mol. The van der Waals surface area contributed by atoms with Crippen LogP contribution in [0.1, 0.15) is 51.1 Å². The highest BCUT2D eigenvalue weighted by Crippen LogP contribution is 2.29. The number of nitrogens with one attached hydrogen (secondary N) is 1. The van der Waals surface area contributed by atoms with Crippen molar-refractivity contribution in [2.45, 2.75) is 50.5 Å². The Bertz CT molecular complexity index is 1350. The van der Waals surface area contributed by atoms with Crippen molar-refractivity contribution < 1.29 is 22.3 Å². The standard InChI is InChI=1S/C27H30FN3O4S/c1-3-35-26-15-10-22-16-24(13-14-25(22)31-26)36(33,34)29-17-19-4-6-21(7-5-19)27(32)30-18(2)20-8-11-23(28)12-9-20/h8-19,21H,3-7H2,1-2H3,(H,30,32)/t18-,19?,21?/m1/s1. The molecule has 0 aliphatic heterocycles. The topological polar surface area (TPSA) is 97.7 Å². The van der Waals surface area contributed by atoms with Crippen molar-refractivity contribution >= 4 is 33.0 Å². The number of fused-ring (bicyclic) bond motifs is 1. The summed E-state index contributed by atoms with van der Waals surface area (Å²) in [5.41, 5.74) is 1.49. The summed E-state index contributed by atoms with van der Waals surface area (Å²) >= 11 is 0. The summed E-state index contributed by atoms with van der Waals surface area (Å²) in [6.45, 7) is 4.24. The van der Waals surface area contributed by atoms with Crippen LogP contribution in [0.4, 0.5) is 4.39 Å². The van der Waals surface area contributed by atoms with Crippen LogP contribution in [0.15, 0.2) is 63.9 Å². The van der Waals surface area contributed by atoms with Crippen molar-refractivity contribution in [2.24, 2.45) is 16.2 Å². The van der Waals surface area contributed by atoms with Gasteiger partial charge in [-0.15, -0.1) is 0 Å². The van der Waals surface area contributed by atoms with Gasteiger partial charge in [0.05, 0.1) is 23.1 Å². The monoisotopic (exact) mass is 511 g/mol. The van der Waals surface area contributed by atoms with Gasteiger partial charge in [-0.2, -0.15) is 12.8 Å². The number of carbonyl (C=O) groups is 1. The minimum Gasteiger partial charge on any atom is -0.478 e. The van der Waals surface area contributed by atoms with Crippen LogP contribution in [0, 0.1) is 17.7 Å². The van der Waals surface area contributed by atoms with Gasteiger partial charge in [0.2, 0.25) is 11.8 Å². The number of pyridine rings is 1. The Morgan fingerprint density at radius 3 is 2.56 bits per heavy atom. The first-order valence-corrected chi connectivity index (χ1v) is 13.6. The first-order valence-electron chi connectivity index (χ1n) is 12.1. The molecule has 1 saturated carbocycles. The highest BCUT2D eigenvalue weighted by atomic mass is 32.2. The van der Waals surface area contributed by atoms with Crippen LogP contribution in [-0.4, -0.2) is 32.1 Å². The zero-order valence-electron chi connectivity index (χ0n) is 20.4. The molecule has 1 aliphatic rings. The van der Waals surface area contributed by atoms with Gasteiger partial charge in [0.25, 0.3) is 10.0 Å². The second-order valence-electron chi connectivity index (χ2n) is 9.06. The normalized spacial score (nSPS) is 19.3. The Morgan fingerprint density at radius 1 is 1.14 bits per heavy atom. The molecule has 1 aliphatic carbocycles. The van der Waals surface area contributed by atoms with E-state index in [1.54, 1.807) is 36.4 Å². The second-order valence-corrected chi connectivity index (χ2v) is 10.7. The predicted octanol–water partition coefficient (Wildman–Crippen LogP) is 5.22. The molecule has 0 bridgehead atoms. The molecule has 1 aromatic heterocycles. The Labute approximate surface area is 210 Å². The molecule has 0 saturated heterocycles. The first-order chi connectivity index (χ1) is 17.2. The van der Waals surface area contributed by atoms with E-state index >= 15 is 0 Å². The fourth-order valence-corrected chi connectivity index (χ4v) is 5.37. The number of rotatable bonds is 8. The Morgan fingerprint density at radius 2 is 1.86 bits per heavy atom. The molecule has 1 N–H and O–H groups in total. The highest BCUT2D eigenvalue weighted by molar-refractivity contribution is 7.90. The van der Waals surface area contributed by atoms with Crippen LogP contribution >= 0.6 is 0 Å². The molecule has 36 heavy (non-hydrogen) atoms. The molecule has 1 amide bonds. The maximum absolute atomic E-state index is 13.1. The molecular formula is C27H30FN3O4S. The van der Waals surface area contributed by atoms with Crippen LogP contribution in [-0.2, 0) is 14.8 Å². The lowest BCUT2D eigenvalue weighted by Gasteiger charge is -2.27. The Kier molecular flexibility index (Phi) is 7.98. The van der Waals surface area contributed by atoms with E-state index in [2.05, 4.69) is 14.7 Å². The highest BCUT2D eigenvalue weighted by Gasteiger charge is 2.27. The summed E-state index contributed by atoms with van der Waals surface area (Å²) in [6, 6.07) is 14.1. The van der Waals surface area contributed by atoms with Gasteiger partial charge >= 0.3 is 0 Å². The van der Waals surface area contributed by atoms with Crippen molar-refractivity contribution in [1.29, 1.82) is 0 Å². The summed E-state index contributed by atoms with van der Waals surface area (Å²) < 4.78 is 48.1. The van der Waals surface area contributed by atoms with E-state index in [-0.39, 0.29) is 34.5 Å². The molecule has 9 heteroatoms. The third-order valence-electron chi connectivity index (χ3n) is 6.51. The molecule has 0 spiro atoms. The number of nitrogens with zero attached hydrogens (tertiary/aromatic N) is 2. The summed E-state index contributed by atoms with van der Waals surface area (Å²) in [5, 5.41) is 3.69. The van der Waals surface area contributed by atoms with Crippen molar-refractivity contribution in [3.8, 4) is 5.88 Å². The lowest BCUT2D eigenvalue weighted by atomic mass is 9.82. The zero-order valence-corrected chi connectivity index (χ0v) is 21.2. The summed E-state index contributed by atoms with van der Waals surface area (Å²) in [7, 11) is -3.85. The van der Waals surface area contributed by atoms with Crippen molar-refractivity contribution in [3.05, 3.63) is 66.0 Å². The number of hydrogen-bond acceptors (Lipinski definition) is 5. The van der Waals surface area contributed by atoms with E-state index in [1.807, 2.05) is 13.8 Å². The fourth-order valence-electron chi connectivity index (χ4n) is 4.40. The number of benzene rings is 2. The molecule has 190 valence electrons. The number of aromatic nitrogens is 1. The molecule has 1 fully saturated rings. The largest absolute Gasteiger partial charge is 0.478 e. The summed E-state index contributed by atoms with van der Waals surface area (Å²) in [5.74, 6) is 0.00544. The zero-order chi connectivity index (χ0) is 25.7. The van der Waals surface area contributed by atoms with E-state index in [9.17, 15) is 17.6 Å². The Balaban J connectivity index is 1.33. The third-order valence-corrected chi connectivity index (χ3v) is 7.76. The van der Waals surface area contributed by atoms with Gasteiger partial charge in [0, 0.05) is 23.6 Å². The SMILES string of the molecule is CCOc1ccc2cc(S(=O)(=O)N=CC3CCC(C(=O)N[C@H](C)c4ccc(F)cc4)CC3)ccc2n1. The van der Waals surface area contributed by atoms with Gasteiger partial charge < -0.3 is 10.1 Å². The molecule has 2 aromatic carbocycles. The Hall–Kier alpha value is -3.33. The van der Waals surface area contributed by atoms with Crippen molar-refractivity contribution in [2.75, 3.05) is 6.61 Å². The quantitative estimate of drug-likeness (QED) is 0.419. The van der Waals surface area contributed by atoms with Gasteiger partial charge in [-0.25, -0.2) is 9.37 Å². The van der Waals surface area contributed by atoms with E-state index in [4.69, 9.17) is 4.74 Å². The van der Waals surface area contributed by atoms with E-state index in [0.29, 0.717) is 49.1 Å². The maximum Gasteiger partial charge on any atom is 0.282 e. The van der Waals surface area contributed by atoms with Gasteiger partial charge in [-0.05, 0) is 87.4 Å². The van der Waals surface area contributed by atoms with Crippen molar-refractivity contribution in [1.82, 2.24) is 10.3 Å². The van der Waals surface area contributed by atoms with Crippen LogP contribution in [0.25, 0.3) is 10.9 Å². The lowest BCUT2D eigenvalue weighted by Crippen LogP contribution is -2.35. The lowest BCUT2D eigenvalue weighted by molar-refractivity contribution is -0.126. The van der Waals surface area contributed by atoms with Gasteiger partial charge in [-0.1, -0.05) is 12.1 Å². The minimum absolute atomic E-state index is 0.00535. The molecule has 0 unspecified atom stereocenters. The number of ether oxygens (including phenoxy) is 1. The predicted molar refractivity (Wildman–Crippen MR) is 137 cm³/mol. The van der Waals surface area contributed by atoms with E-state index < -0.39 is 10.0 Å². The number of hydrogen-bond donors (Lipinski definition) is 1. The fraction of sp³-hybridized carbons (Fsp3) is 0.370. The molecule has 0 radical (unpaired) electrons. The van der Waals surface area contributed by atoms with Crippen molar-refractivity contribution in [3.63, 3.8) is 0 Å². The first kappa shape index (κ1) is 25.8. The number of carbonyl (C=O) groups excluding carboxylic acids is 1. The second kappa shape index (κ2) is 11.2. The number of amides is 1. The van der Waals surface area contributed by atoms with Gasteiger partial charge in [-0.3, -0.25) is 4.79 Å². The smallest absolute Gasteiger partial charge is 0.282 e. The molecular weight excluding hydrogens is 481 g/mol. The van der Waals surface area contributed by atoms with Crippen LogP contribution in [0.3, 0.4) is 0 Å². The van der Waals surface area contributed by atoms with Crippen LogP contribution in [0.2, 0.25) is 0 Å². The number of sulfonamides is 1. The average Bonchev–Trinajstić information content (AvgIpc) is 2.88. The minimum atomic E-state index is -3.85. The third kappa shape index (κ3) is 6.26. The molecule has 7 nitrogen and oxygen atoms in total. The van der Waals surface area contributed by atoms with E-state index in [0.717, 1.165) is 5.56 Å². The number of halogens is 1. The molecule has 1 heterocycles. The maximum atomic E-state index is 13.1. The van der Waals surface area contributed by atoms with Crippen LogP contribution < -0.4 is 10.1 Å². The van der Waals surface area contributed by atoms with E-state index in [1.165, 1.54) is 24.4 Å². The van der Waals surface area contributed by atoms with Crippen LogP contribution in [0.5, 0.6) is 5.88 Å². The molecule has 1 atom stereocenters.